The molecule has 1 unspecified atom stereocenters. The first-order chi connectivity index (χ1) is 13.4. The number of amides is 1. The summed E-state index contributed by atoms with van der Waals surface area (Å²) in [4.78, 5) is 17.4. The SMILES string of the molecule is COc1cc(C(=O)NC(c2ccc(F)cc2)c2nccn2C)cc(OC)c1C. The summed E-state index contributed by atoms with van der Waals surface area (Å²) in [5.74, 6) is 1.07. The summed E-state index contributed by atoms with van der Waals surface area (Å²) in [7, 11) is 4.92. The molecule has 0 fully saturated rings. The number of methoxy groups -OCH3 is 2. The molecule has 1 atom stereocenters. The summed E-state index contributed by atoms with van der Waals surface area (Å²) in [6.45, 7) is 1.86. The van der Waals surface area contributed by atoms with E-state index in [0.29, 0.717) is 22.9 Å². The highest BCUT2D eigenvalue weighted by atomic mass is 19.1. The van der Waals surface area contributed by atoms with Crippen molar-refractivity contribution in [2.75, 3.05) is 14.2 Å². The number of ether oxygens (including phenoxy) is 2. The summed E-state index contributed by atoms with van der Waals surface area (Å²) in [6.07, 6.45) is 3.44. The van der Waals surface area contributed by atoms with Gasteiger partial charge in [0.1, 0.15) is 29.2 Å². The molecule has 0 saturated carbocycles. The molecule has 0 saturated heterocycles. The van der Waals surface area contributed by atoms with Crippen LogP contribution in [0.25, 0.3) is 0 Å². The van der Waals surface area contributed by atoms with E-state index in [4.69, 9.17) is 9.47 Å². The molecule has 1 heterocycles. The third-order valence-electron chi connectivity index (χ3n) is 4.61. The van der Waals surface area contributed by atoms with Gasteiger partial charge in [0.05, 0.1) is 14.2 Å². The fourth-order valence-electron chi connectivity index (χ4n) is 3.04. The number of nitrogens with one attached hydrogen (secondary N) is 1. The van der Waals surface area contributed by atoms with Gasteiger partial charge in [0.25, 0.3) is 5.91 Å². The molecule has 0 radical (unpaired) electrons. The first kappa shape index (κ1) is 19.4. The molecule has 2 aromatic carbocycles. The van der Waals surface area contributed by atoms with E-state index in [-0.39, 0.29) is 11.7 Å². The smallest absolute Gasteiger partial charge is 0.252 e. The summed E-state index contributed by atoms with van der Waals surface area (Å²) in [6, 6.07) is 8.74. The highest BCUT2D eigenvalue weighted by molar-refractivity contribution is 5.95. The van der Waals surface area contributed by atoms with Crippen LogP contribution in [-0.4, -0.2) is 29.7 Å². The molecule has 3 rings (SSSR count). The van der Waals surface area contributed by atoms with E-state index >= 15 is 0 Å². The zero-order valence-electron chi connectivity index (χ0n) is 16.2. The predicted molar refractivity (Wildman–Crippen MR) is 103 cm³/mol. The Bertz CT molecular complexity index is 958. The highest BCUT2D eigenvalue weighted by Crippen LogP contribution is 2.30. The number of aromatic nitrogens is 2. The molecule has 1 N–H and O–H groups in total. The summed E-state index contributed by atoms with van der Waals surface area (Å²) >= 11 is 0. The van der Waals surface area contributed by atoms with Gasteiger partial charge in [0, 0.05) is 30.6 Å². The van der Waals surface area contributed by atoms with E-state index in [9.17, 15) is 9.18 Å². The zero-order valence-corrected chi connectivity index (χ0v) is 16.2. The van der Waals surface area contributed by atoms with Crippen LogP contribution in [0, 0.1) is 12.7 Å². The van der Waals surface area contributed by atoms with Crippen LogP contribution in [0.2, 0.25) is 0 Å². The quantitative estimate of drug-likeness (QED) is 0.709. The molecule has 0 aliphatic rings. The topological polar surface area (TPSA) is 65.4 Å². The van der Waals surface area contributed by atoms with Gasteiger partial charge in [-0.05, 0) is 36.8 Å². The summed E-state index contributed by atoms with van der Waals surface area (Å²) in [5, 5.41) is 2.98. The molecule has 3 aromatic rings. The fourth-order valence-corrected chi connectivity index (χ4v) is 3.04. The molecular weight excluding hydrogens is 361 g/mol. The van der Waals surface area contributed by atoms with Crippen molar-refractivity contribution >= 4 is 5.91 Å². The van der Waals surface area contributed by atoms with Gasteiger partial charge in [-0.2, -0.15) is 0 Å². The van der Waals surface area contributed by atoms with Crippen LogP contribution in [0.15, 0.2) is 48.8 Å². The second-order valence-electron chi connectivity index (χ2n) is 6.36. The van der Waals surface area contributed by atoms with Crippen molar-refractivity contribution in [2.45, 2.75) is 13.0 Å². The van der Waals surface area contributed by atoms with Crippen molar-refractivity contribution in [3.63, 3.8) is 0 Å². The number of hydrogen-bond acceptors (Lipinski definition) is 4. The van der Waals surface area contributed by atoms with E-state index < -0.39 is 6.04 Å². The van der Waals surface area contributed by atoms with E-state index in [0.717, 1.165) is 11.1 Å². The van der Waals surface area contributed by atoms with Crippen LogP contribution in [0.4, 0.5) is 4.39 Å². The number of aryl methyl sites for hydroxylation is 1. The van der Waals surface area contributed by atoms with Crippen molar-refractivity contribution in [2.24, 2.45) is 7.05 Å². The van der Waals surface area contributed by atoms with Crippen molar-refractivity contribution in [1.29, 1.82) is 0 Å². The van der Waals surface area contributed by atoms with Crippen molar-refractivity contribution in [1.82, 2.24) is 14.9 Å². The van der Waals surface area contributed by atoms with Gasteiger partial charge in [-0.15, -0.1) is 0 Å². The average Bonchev–Trinajstić information content (AvgIpc) is 3.12. The minimum atomic E-state index is -0.550. The maximum Gasteiger partial charge on any atom is 0.252 e. The first-order valence-electron chi connectivity index (χ1n) is 8.70. The van der Waals surface area contributed by atoms with E-state index in [1.807, 2.05) is 18.5 Å². The van der Waals surface area contributed by atoms with Crippen LogP contribution in [0.5, 0.6) is 11.5 Å². The van der Waals surface area contributed by atoms with Crippen LogP contribution in [0.3, 0.4) is 0 Å². The zero-order chi connectivity index (χ0) is 20.3. The molecule has 7 heteroatoms. The number of carbonyl (C=O) groups is 1. The molecule has 0 aliphatic carbocycles. The normalized spacial score (nSPS) is 11.8. The Kier molecular flexibility index (Phi) is 5.63. The second-order valence-corrected chi connectivity index (χ2v) is 6.36. The van der Waals surface area contributed by atoms with Gasteiger partial charge in [-0.25, -0.2) is 9.37 Å². The van der Waals surface area contributed by atoms with Gasteiger partial charge >= 0.3 is 0 Å². The number of hydrogen-bond donors (Lipinski definition) is 1. The van der Waals surface area contributed by atoms with E-state index in [1.165, 1.54) is 12.1 Å². The number of halogens is 1. The molecule has 6 nitrogen and oxygen atoms in total. The van der Waals surface area contributed by atoms with Crippen molar-refractivity contribution in [3.05, 3.63) is 77.1 Å². The first-order valence-corrected chi connectivity index (χ1v) is 8.70. The lowest BCUT2D eigenvalue weighted by Gasteiger charge is -2.20. The van der Waals surface area contributed by atoms with Crippen LogP contribution in [-0.2, 0) is 7.05 Å². The Hall–Kier alpha value is -3.35. The minimum absolute atomic E-state index is 0.325. The lowest BCUT2D eigenvalue weighted by Crippen LogP contribution is -2.31. The van der Waals surface area contributed by atoms with Gasteiger partial charge in [0.15, 0.2) is 0 Å². The lowest BCUT2D eigenvalue weighted by molar-refractivity contribution is 0.0940. The molecule has 28 heavy (non-hydrogen) atoms. The molecule has 0 bridgehead atoms. The van der Waals surface area contributed by atoms with E-state index in [1.54, 1.807) is 50.9 Å². The molecule has 1 amide bonds. The maximum absolute atomic E-state index is 13.4. The molecule has 146 valence electrons. The van der Waals surface area contributed by atoms with Crippen LogP contribution in [0.1, 0.15) is 33.4 Å². The van der Waals surface area contributed by atoms with Crippen molar-refractivity contribution in [3.8, 4) is 11.5 Å². The maximum atomic E-state index is 13.4. The summed E-state index contributed by atoms with van der Waals surface area (Å²) in [5.41, 5.74) is 1.91. The van der Waals surface area contributed by atoms with Crippen LogP contribution < -0.4 is 14.8 Å². The largest absolute Gasteiger partial charge is 0.496 e. The van der Waals surface area contributed by atoms with Gasteiger partial charge in [-0.3, -0.25) is 4.79 Å². The molecular formula is C21H22FN3O3. The minimum Gasteiger partial charge on any atom is -0.496 e. The Morgan fingerprint density at radius 1 is 1.14 bits per heavy atom. The van der Waals surface area contributed by atoms with Gasteiger partial charge < -0.3 is 19.4 Å². The van der Waals surface area contributed by atoms with Crippen molar-refractivity contribution < 1.29 is 18.7 Å². The standard InChI is InChI=1S/C21H22FN3O3/c1-13-17(27-3)11-15(12-18(13)28-4)21(26)24-19(20-23-9-10-25(20)2)14-5-7-16(22)8-6-14/h5-12,19H,1-4H3,(H,24,26). The predicted octanol–water partition coefficient (Wildman–Crippen LogP) is 3.40. The number of imidazole rings is 1. The number of benzene rings is 2. The third kappa shape index (κ3) is 3.83. The second kappa shape index (κ2) is 8.12. The Labute approximate surface area is 162 Å². The number of carbonyl (C=O) groups excluding carboxylic acids is 1. The highest BCUT2D eigenvalue weighted by Gasteiger charge is 2.23. The molecule has 1 aromatic heterocycles. The third-order valence-corrected chi connectivity index (χ3v) is 4.61. The lowest BCUT2D eigenvalue weighted by atomic mass is 10.0. The van der Waals surface area contributed by atoms with E-state index in [2.05, 4.69) is 10.3 Å². The monoisotopic (exact) mass is 383 g/mol. The molecule has 0 spiro atoms. The van der Waals surface area contributed by atoms with Gasteiger partial charge in [0.2, 0.25) is 0 Å². The Morgan fingerprint density at radius 2 is 1.75 bits per heavy atom. The number of nitrogens with zero attached hydrogens (tertiary/aromatic N) is 2. The summed E-state index contributed by atoms with van der Waals surface area (Å²) < 4.78 is 25.9. The Balaban J connectivity index is 1.98. The Morgan fingerprint density at radius 3 is 2.25 bits per heavy atom. The molecule has 0 aliphatic heterocycles. The van der Waals surface area contributed by atoms with Crippen LogP contribution >= 0.6 is 0 Å². The number of rotatable bonds is 6. The van der Waals surface area contributed by atoms with Gasteiger partial charge in [-0.1, -0.05) is 12.1 Å². The average molecular weight is 383 g/mol. The fraction of sp³-hybridized carbons (Fsp3) is 0.238.